The first kappa shape index (κ1) is 13.9. The Bertz CT molecular complexity index is 183. The third kappa shape index (κ3) is 4.37. The van der Waals surface area contributed by atoms with Crippen molar-refractivity contribution in [1.82, 2.24) is 4.90 Å². The van der Waals surface area contributed by atoms with E-state index >= 15 is 0 Å². The molecule has 0 spiro atoms. The minimum absolute atomic E-state index is 0.127. The summed E-state index contributed by atoms with van der Waals surface area (Å²) in [6.07, 6.45) is 0.581. The highest BCUT2D eigenvalue weighted by atomic mass is 16.7. The number of ether oxygens (including phenoxy) is 2. The van der Waals surface area contributed by atoms with Gasteiger partial charge in [-0.15, -0.1) is 0 Å². The highest BCUT2D eigenvalue weighted by Gasteiger charge is 2.25. The van der Waals surface area contributed by atoms with Crippen LogP contribution in [0.25, 0.3) is 0 Å². The van der Waals surface area contributed by atoms with Crippen molar-refractivity contribution in [2.24, 2.45) is 5.92 Å². The van der Waals surface area contributed by atoms with Crippen molar-refractivity contribution in [2.45, 2.75) is 39.6 Å². The summed E-state index contributed by atoms with van der Waals surface area (Å²) in [5.74, 6) is 0.345. The van der Waals surface area contributed by atoms with E-state index in [1.165, 1.54) is 0 Å². The lowest BCUT2D eigenvalue weighted by atomic mass is 9.97. The molecule has 0 bridgehead atoms. The van der Waals surface area contributed by atoms with Gasteiger partial charge in [0.2, 0.25) is 0 Å². The van der Waals surface area contributed by atoms with Crippen LogP contribution in [0.2, 0.25) is 0 Å². The first-order valence-corrected chi connectivity index (χ1v) is 6.31. The van der Waals surface area contributed by atoms with Gasteiger partial charge in [0.1, 0.15) is 0 Å². The molecule has 1 fully saturated rings. The Morgan fingerprint density at radius 1 is 1.31 bits per heavy atom. The smallest absolute Gasteiger partial charge is 0.170 e. The lowest BCUT2D eigenvalue weighted by molar-refractivity contribution is -0.151. The number of rotatable bonds is 6. The SMILES string of the molecule is CCOC(CN1CCC(O)C(C)C1)OCC. The molecular formula is C12H25NO3. The second-order valence-corrected chi connectivity index (χ2v) is 4.43. The van der Waals surface area contributed by atoms with E-state index in [2.05, 4.69) is 11.8 Å². The van der Waals surface area contributed by atoms with Gasteiger partial charge in [-0.3, -0.25) is 4.90 Å². The van der Waals surface area contributed by atoms with Gasteiger partial charge < -0.3 is 14.6 Å². The van der Waals surface area contributed by atoms with E-state index in [-0.39, 0.29) is 12.4 Å². The number of hydrogen-bond donors (Lipinski definition) is 1. The number of aliphatic hydroxyl groups excluding tert-OH is 1. The van der Waals surface area contributed by atoms with Crippen molar-refractivity contribution in [3.8, 4) is 0 Å². The topological polar surface area (TPSA) is 41.9 Å². The molecule has 1 N–H and O–H groups in total. The van der Waals surface area contributed by atoms with Gasteiger partial charge in [0.05, 0.1) is 6.10 Å². The summed E-state index contributed by atoms with van der Waals surface area (Å²) in [7, 11) is 0. The Balaban J connectivity index is 2.33. The van der Waals surface area contributed by atoms with E-state index in [9.17, 15) is 5.11 Å². The number of nitrogens with zero attached hydrogens (tertiary/aromatic N) is 1. The van der Waals surface area contributed by atoms with Crippen molar-refractivity contribution >= 4 is 0 Å². The van der Waals surface area contributed by atoms with Gasteiger partial charge in [-0.25, -0.2) is 0 Å². The van der Waals surface area contributed by atoms with Crippen molar-refractivity contribution in [2.75, 3.05) is 32.8 Å². The Morgan fingerprint density at radius 2 is 1.94 bits per heavy atom. The third-order valence-electron chi connectivity index (χ3n) is 3.06. The molecule has 4 nitrogen and oxygen atoms in total. The predicted octanol–water partition coefficient (Wildman–Crippen LogP) is 1.09. The normalized spacial score (nSPS) is 27.6. The molecule has 1 aliphatic rings. The van der Waals surface area contributed by atoms with Crippen molar-refractivity contribution < 1.29 is 14.6 Å². The molecule has 0 amide bonds. The first-order chi connectivity index (χ1) is 7.67. The third-order valence-corrected chi connectivity index (χ3v) is 3.06. The van der Waals surface area contributed by atoms with Crippen LogP contribution >= 0.6 is 0 Å². The molecule has 0 aliphatic carbocycles. The zero-order chi connectivity index (χ0) is 12.0. The van der Waals surface area contributed by atoms with Crippen LogP contribution in [0.5, 0.6) is 0 Å². The molecule has 0 saturated carbocycles. The van der Waals surface area contributed by atoms with E-state index in [0.29, 0.717) is 19.1 Å². The fourth-order valence-electron chi connectivity index (χ4n) is 2.12. The highest BCUT2D eigenvalue weighted by Crippen LogP contribution is 2.17. The number of piperidine rings is 1. The molecule has 0 aromatic heterocycles. The Kier molecular flexibility index (Phi) is 6.28. The van der Waals surface area contributed by atoms with Gasteiger partial charge in [-0.05, 0) is 26.2 Å². The molecule has 1 saturated heterocycles. The summed E-state index contributed by atoms with van der Waals surface area (Å²) in [4.78, 5) is 2.31. The number of likely N-dealkylation sites (tertiary alicyclic amines) is 1. The summed E-state index contributed by atoms with van der Waals surface area (Å²) < 4.78 is 11.0. The molecule has 1 heterocycles. The molecule has 2 unspecified atom stereocenters. The molecule has 4 heteroatoms. The van der Waals surface area contributed by atoms with Crippen LogP contribution in [0.4, 0.5) is 0 Å². The minimum Gasteiger partial charge on any atom is -0.393 e. The molecule has 1 rings (SSSR count). The van der Waals surface area contributed by atoms with E-state index in [0.717, 1.165) is 26.1 Å². The average molecular weight is 231 g/mol. The van der Waals surface area contributed by atoms with Crippen LogP contribution in [0.15, 0.2) is 0 Å². The largest absolute Gasteiger partial charge is 0.393 e. The highest BCUT2D eigenvalue weighted by molar-refractivity contribution is 4.77. The van der Waals surface area contributed by atoms with Gasteiger partial charge in [0, 0.05) is 32.8 Å². The zero-order valence-corrected chi connectivity index (χ0v) is 10.7. The van der Waals surface area contributed by atoms with Crippen molar-refractivity contribution in [1.29, 1.82) is 0 Å². The lowest BCUT2D eigenvalue weighted by Gasteiger charge is -2.35. The quantitative estimate of drug-likeness (QED) is 0.695. The summed E-state index contributed by atoms with van der Waals surface area (Å²) in [5.41, 5.74) is 0. The maximum atomic E-state index is 9.65. The van der Waals surface area contributed by atoms with E-state index in [1.807, 2.05) is 13.8 Å². The van der Waals surface area contributed by atoms with Gasteiger partial charge in [0.15, 0.2) is 6.29 Å². The Morgan fingerprint density at radius 3 is 2.44 bits per heavy atom. The Labute approximate surface area is 98.5 Å². The fourth-order valence-corrected chi connectivity index (χ4v) is 2.12. The van der Waals surface area contributed by atoms with Crippen LogP contribution < -0.4 is 0 Å². The molecule has 0 aromatic carbocycles. The van der Waals surface area contributed by atoms with Gasteiger partial charge >= 0.3 is 0 Å². The average Bonchev–Trinajstić information content (AvgIpc) is 2.24. The second kappa shape index (κ2) is 7.22. The molecule has 16 heavy (non-hydrogen) atoms. The van der Waals surface area contributed by atoms with Crippen LogP contribution in [-0.4, -0.2) is 55.2 Å². The van der Waals surface area contributed by atoms with Crippen molar-refractivity contribution in [3.63, 3.8) is 0 Å². The van der Waals surface area contributed by atoms with E-state index < -0.39 is 0 Å². The fraction of sp³-hybridized carbons (Fsp3) is 1.00. The zero-order valence-electron chi connectivity index (χ0n) is 10.7. The maximum absolute atomic E-state index is 9.65. The molecule has 96 valence electrons. The molecular weight excluding hydrogens is 206 g/mol. The summed E-state index contributed by atoms with van der Waals surface area (Å²) in [6, 6.07) is 0. The Hall–Kier alpha value is -0.160. The van der Waals surface area contributed by atoms with Crippen LogP contribution in [0, 0.1) is 5.92 Å². The predicted molar refractivity (Wildman–Crippen MR) is 63.3 cm³/mol. The summed E-state index contributed by atoms with van der Waals surface area (Å²) >= 11 is 0. The van der Waals surface area contributed by atoms with E-state index in [4.69, 9.17) is 9.47 Å². The molecule has 2 atom stereocenters. The summed E-state index contributed by atoms with van der Waals surface area (Å²) in [5, 5.41) is 9.65. The molecule has 1 aliphatic heterocycles. The van der Waals surface area contributed by atoms with Crippen LogP contribution in [-0.2, 0) is 9.47 Å². The molecule has 0 radical (unpaired) electrons. The maximum Gasteiger partial charge on any atom is 0.170 e. The van der Waals surface area contributed by atoms with Crippen LogP contribution in [0.1, 0.15) is 27.2 Å². The van der Waals surface area contributed by atoms with Crippen molar-refractivity contribution in [3.05, 3.63) is 0 Å². The number of hydrogen-bond acceptors (Lipinski definition) is 4. The molecule has 0 aromatic rings. The summed E-state index contributed by atoms with van der Waals surface area (Å²) in [6.45, 7) is 10.1. The van der Waals surface area contributed by atoms with Crippen LogP contribution in [0.3, 0.4) is 0 Å². The van der Waals surface area contributed by atoms with Gasteiger partial charge in [-0.2, -0.15) is 0 Å². The standard InChI is InChI=1S/C12H25NO3/c1-4-15-12(16-5-2)9-13-7-6-11(14)10(3)8-13/h10-12,14H,4-9H2,1-3H3. The number of aliphatic hydroxyl groups is 1. The monoisotopic (exact) mass is 231 g/mol. The van der Waals surface area contributed by atoms with Gasteiger partial charge in [-0.1, -0.05) is 6.92 Å². The first-order valence-electron chi connectivity index (χ1n) is 6.31. The van der Waals surface area contributed by atoms with Gasteiger partial charge in [0.25, 0.3) is 0 Å². The minimum atomic E-state index is -0.145. The second-order valence-electron chi connectivity index (χ2n) is 4.43. The lowest BCUT2D eigenvalue weighted by Crippen LogP contribution is -2.45. The van der Waals surface area contributed by atoms with E-state index in [1.54, 1.807) is 0 Å².